The normalized spacial score (nSPS) is 11.4. The van der Waals surface area contributed by atoms with Crippen molar-refractivity contribution in [2.45, 2.75) is 4.90 Å². The van der Waals surface area contributed by atoms with Gasteiger partial charge in [-0.3, -0.25) is 0 Å². The highest BCUT2D eigenvalue weighted by Crippen LogP contribution is 2.24. The van der Waals surface area contributed by atoms with E-state index in [4.69, 9.17) is 4.52 Å². The monoisotopic (exact) mass is 325 g/mol. The van der Waals surface area contributed by atoms with Crippen molar-refractivity contribution >= 4 is 34.7 Å². The van der Waals surface area contributed by atoms with Crippen LogP contribution in [0.2, 0.25) is 0 Å². The van der Waals surface area contributed by atoms with Gasteiger partial charge >= 0.3 is 0 Å². The minimum atomic E-state index is 0.236. The molecule has 2 heterocycles. The second kappa shape index (κ2) is 6.60. The summed E-state index contributed by atoms with van der Waals surface area (Å²) >= 11 is 3.20. The fraction of sp³-hybridized carbons (Fsp3) is 0.0625. The lowest BCUT2D eigenvalue weighted by Crippen LogP contribution is -1.83. The van der Waals surface area contributed by atoms with Crippen LogP contribution in [0.3, 0.4) is 0 Å². The smallest absolute Gasteiger partial charge is 0.268 e. The second-order valence-corrected chi connectivity index (χ2v) is 6.17. The minimum Gasteiger partial charge on any atom is -0.333 e. The molecule has 1 aromatic carbocycles. The summed E-state index contributed by atoms with van der Waals surface area (Å²) in [4.78, 5) is 6.38. The fourth-order valence-corrected chi connectivity index (χ4v) is 2.90. The van der Waals surface area contributed by atoms with E-state index in [0.717, 1.165) is 10.4 Å². The Morgan fingerprint density at radius 2 is 2.14 bits per heavy atom. The first kappa shape index (κ1) is 14.6. The van der Waals surface area contributed by atoms with Crippen molar-refractivity contribution in [2.75, 3.05) is 6.26 Å². The summed E-state index contributed by atoms with van der Waals surface area (Å²) in [5.74, 6) is 0.740. The third-order valence-electron chi connectivity index (χ3n) is 2.95. The number of thioether (sulfide) groups is 1. The molecule has 3 rings (SSSR count). The maximum absolute atomic E-state index is 9.33. The summed E-state index contributed by atoms with van der Waals surface area (Å²) in [7, 11) is 0. The third-order valence-corrected chi connectivity index (χ3v) is 4.55. The number of hydrogen-bond donors (Lipinski definition) is 0. The van der Waals surface area contributed by atoms with E-state index in [-0.39, 0.29) is 5.89 Å². The van der Waals surface area contributed by atoms with Gasteiger partial charge in [0.15, 0.2) is 0 Å². The van der Waals surface area contributed by atoms with Gasteiger partial charge in [-0.15, -0.1) is 23.1 Å². The van der Waals surface area contributed by atoms with Crippen molar-refractivity contribution in [3.63, 3.8) is 0 Å². The van der Waals surface area contributed by atoms with E-state index in [1.54, 1.807) is 17.8 Å². The minimum absolute atomic E-state index is 0.236. The SMILES string of the molecule is CSc1ccc(/C=C(\C#N)c2nc(-c3cccs3)no2)cc1. The molecule has 0 unspecified atom stereocenters. The van der Waals surface area contributed by atoms with Gasteiger partial charge in [0.1, 0.15) is 11.6 Å². The Morgan fingerprint density at radius 1 is 1.32 bits per heavy atom. The van der Waals surface area contributed by atoms with Crippen molar-refractivity contribution < 1.29 is 4.52 Å². The van der Waals surface area contributed by atoms with Gasteiger partial charge in [-0.1, -0.05) is 23.4 Å². The van der Waals surface area contributed by atoms with Crippen LogP contribution in [0.4, 0.5) is 0 Å². The summed E-state index contributed by atoms with van der Waals surface area (Å²) in [6, 6.07) is 13.9. The van der Waals surface area contributed by atoms with Crippen LogP contribution in [0.15, 0.2) is 51.2 Å². The molecule has 0 bridgehead atoms. The number of aromatic nitrogens is 2. The molecule has 6 heteroatoms. The van der Waals surface area contributed by atoms with Crippen LogP contribution in [-0.4, -0.2) is 16.4 Å². The predicted octanol–water partition coefficient (Wildman–Crippen LogP) is 4.58. The Hall–Kier alpha value is -2.36. The Kier molecular flexibility index (Phi) is 4.37. The van der Waals surface area contributed by atoms with Crippen LogP contribution in [0.1, 0.15) is 11.5 Å². The van der Waals surface area contributed by atoms with Crippen LogP contribution >= 0.6 is 23.1 Å². The largest absolute Gasteiger partial charge is 0.333 e. The van der Waals surface area contributed by atoms with Gasteiger partial charge in [-0.25, -0.2) is 0 Å². The maximum Gasteiger partial charge on any atom is 0.268 e. The Bertz CT molecular complexity index is 827. The molecule has 0 N–H and O–H groups in total. The first-order valence-corrected chi connectivity index (χ1v) is 8.54. The standard InChI is InChI=1S/C16H11N3OS2/c1-21-13-6-4-11(5-7-13)9-12(10-17)16-18-15(19-20-16)14-3-2-8-22-14/h2-9H,1H3/b12-9+. The van der Waals surface area contributed by atoms with Crippen LogP contribution in [0, 0.1) is 11.3 Å². The molecule has 0 aliphatic heterocycles. The Balaban J connectivity index is 1.90. The van der Waals surface area contributed by atoms with Crippen LogP contribution < -0.4 is 0 Å². The zero-order valence-corrected chi connectivity index (χ0v) is 13.3. The van der Waals surface area contributed by atoms with E-state index < -0.39 is 0 Å². The molecule has 0 saturated heterocycles. The van der Waals surface area contributed by atoms with Gasteiger partial charge < -0.3 is 4.52 Å². The van der Waals surface area contributed by atoms with Crippen LogP contribution in [0.25, 0.3) is 22.4 Å². The molecule has 0 aliphatic rings. The van der Waals surface area contributed by atoms with Gasteiger partial charge in [-0.05, 0) is 41.5 Å². The van der Waals surface area contributed by atoms with Crippen molar-refractivity contribution in [3.05, 3.63) is 53.2 Å². The molecule has 0 aliphatic carbocycles. The first-order chi connectivity index (χ1) is 10.8. The summed E-state index contributed by atoms with van der Waals surface area (Å²) in [6.07, 6.45) is 3.77. The van der Waals surface area contributed by atoms with Crippen LogP contribution in [0.5, 0.6) is 0 Å². The third kappa shape index (κ3) is 3.11. The number of nitriles is 1. The average Bonchev–Trinajstić information content (AvgIpc) is 3.24. The molecular formula is C16H11N3OS2. The van der Waals surface area contributed by atoms with Gasteiger partial charge in [-0.2, -0.15) is 10.2 Å². The molecule has 0 atom stereocenters. The summed E-state index contributed by atoms with van der Waals surface area (Å²) in [5, 5.41) is 15.2. The molecule has 2 aromatic heterocycles. The lowest BCUT2D eigenvalue weighted by atomic mass is 10.1. The van der Waals surface area contributed by atoms with E-state index in [9.17, 15) is 5.26 Å². The van der Waals surface area contributed by atoms with E-state index in [0.29, 0.717) is 11.4 Å². The number of hydrogen-bond acceptors (Lipinski definition) is 6. The summed E-state index contributed by atoms with van der Waals surface area (Å²) in [6.45, 7) is 0. The highest BCUT2D eigenvalue weighted by molar-refractivity contribution is 7.98. The number of rotatable bonds is 4. The van der Waals surface area contributed by atoms with Gasteiger partial charge in [0.2, 0.25) is 5.82 Å². The van der Waals surface area contributed by atoms with Crippen LogP contribution in [-0.2, 0) is 0 Å². The fourth-order valence-electron chi connectivity index (χ4n) is 1.85. The summed E-state index contributed by atoms with van der Waals surface area (Å²) < 4.78 is 5.21. The van der Waals surface area contributed by atoms with Crippen molar-refractivity contribution in [1.82, 2.24) is 10.1 Å². The van der Waals surface area contributed by atoms with Gasteiger partial charge in [0, 0.05) is 4.90 Å². The lowest BCUT2D eigenvalue weighted by molar-refractivity contribution is 0.409. The van der Waals surface area contributed by atoms with E-state index in [2.05, 4.69) is 16.2 Å². The molecular weight excluding hydrogens is 314 g/mol. The topological polar surface area (TPSA) is 62.7 Å². The van der Waals surface area contributed by atoms with Gasteiger partial charge in [0.25, 0.3) is 5.89 Å². The molecule has 4 nitrogen and oxygen atoms in total. The Labute approximate surface area is 136 Å². The molecule has 0 radical (unpaired) electrons. The molecule has 3 aromatic rings. The van der Waals surface area contributed by atoms with Crippen molar-refractivity contribution in [1.29, 1.82) is 5.26 Å². The highest BCUT2D eigenvalue weighted by Gasteiger charge is 2.13. The second-order valence-electron chi connectivity index (χ2n) is 4.34. The van der Waals surface area contributed by atoms with Gasteiger partial charge in [0.05, 0.1) is 4.88 Å². The highest BCUT2D eigenvalue weighted by atomic mass is 32.2. The number of allylic oxidation sites excluding steroid dienone is 1. The van der Waals surface area contributed by atoms with E-state index in [1.165, 1.54) is 16.2 Å². The molecule has 22 heavy (non-hydrogen) atoms. The molecule has 108 valence electrons. The molecule has 0 spiro atoms. The van der Waals surface area contributed by atoms with E-state index in [1.807, 2.05) is 48.0 Å². The predicted molar refractivity (Wildman–Crippen MR) is 89.3 cm³/mol. The number of thiophene rings is 1. The molecule has 0 amide bonds. The summed E-state index contributed by atoms with van der Waals surface area (Å²) in [5.41, 5.74) is 1.28. The number of nitrogens with zero attached hydrogens (tertiary/aromatic N) is 3. The molecule has 0 saturated carbocycles. The first-order valence-electron chi connectivity index (χ1n) is 6.44. The average molecular weight is 325 g/mol. The Morgan fingerprint density at radius 3 is 2.77 bits per heavy atom. The lowest BCUT2D eigenvalue weighted by Gasteiger charge is -1.97. The van der Waals surface area contributed by atoms with E-state index >= 15 is 0 Å². The zero-order chi connectivity index (χ0) is 15.4. The maximum atomic E-state index is 9.33. The quantitative estimate of drug-likeness (QED) is 0.519. The number of benzene rings is 1. The van der Waals surface area contributed by atoms with Crippen molar-refractivity contribution in [3.8, 4) is 16.8 Å². The zero-order valence-electron chi connectivity index (χ0n) is 11.7. The van der Waals surface area contributed by atoms with Crippen molar-refractivity contribution in [2.24, 2.45) is 0 Å². The molecule has 0 fully saturated rings.